The number of nitrogens with zero attached hydrogens (tertiary/aromatic N) is 1. The summed E-state index contributed by atoms with van der Waals surface area (Å²) < 4.78 is 24.3. The Morgan fingerprint density at radius 3 is 2.43 bits per heavy atom. The summed E-state index contributed by atoms with van der Waals surface area (Å²) in [5.41, 5.74) is 0. The molecule has 1 rings (SSSR count). The molecule has 0 unspecified atom stereocenters. The van der Waals surface area contributed by atoms with Crippen LogP contribution in [0, 0.1) is 5.92 Å². The van der Waals surface area contributed by atoms with Crippen LogP contribution in [0.1, 0.15) is 25.7 Å². The van der Waals surface area contributed by atoms with Gasteiger partial charge >= 0.3 is 0 Å². The van der Waals surface area contributed by atoms with Crippen LogP contribution < -0.4 is 0 Å². The van der Waals surface area contributed by atoms with Crippen molar-refractivity contribution in [2.45, 2.75) is 32.1 Å². The highest BCUT2D eigenvalue weighted by Crippen LogP contribution is 2.25. The smallest absolute Gasteiger partial charge is 0.251 e. The van der Waals surface area contributed by atoms with E-state index in [0.29, 0.717) is 12.5 Å². The fraction of sp³-hybridized carbons (Fsp3) is 1.00. The lowest BCUT2D eigenvalue weighted by Crippen LogP contribution is -2.35. The van der Waals surface area contributed by atoms with Crippen molar-refractivity contribution in [1.29, 1.82) is 0 Å². The SMILES string of the molecule is OCCN(CC(F)F)CC1CCCC1. The van der Waals surface area contributed by atoms with Crippen LogP contribution in [0.4, 0.5) is 8.78 Å². The zero-order valence-corrected chi connectivity index (χ0v) is 8.46. The van der Waals surface area contributed by atoms with Crippen LogP contribution in [0.25, 0.3) is 0 Å². The molecule has 0 heterocycles. The van der Waals surface area contributed by atoms with Gasteiger partial charge in [-0.25, -0.2) is 8.78 Å². The van der Waals surface area contributed by atoms with Crippen LogP contribution >= 0.6 is 0 Å². The molecule has 1 saturated carbocycles. The Hall–Kier alpha value is -0.220. The fourth-order valence-electron chi connectivity index (χ4n) is 2.15. The van der Waals surface area contributed by atoms with Gasteiger partial charge in [0.1, 0.15) is 0 Å². The van der Waals surface area contributed by atoms with Gasteiger partial charge in [0.15, 0.2) is 0 Å². The van der Waals surface area contributed by atoms with Gasteiger partial charge in [0.05, 0.1) is 13.2 Å². The minimum absolute atomic E-state index is 0.0283. The summed E-state index contributed by atoms with van der Waals surface area (Å²) in [6.07, 6.45) is 2.48. The average Bonchev–Trinajstić information content (AvgIpc) is 2.56. The summed E-state index contributed by atoms with van der Waals surface area (Å²) in [7, 11) is 0. The van der Waals surface area contributed by atoms with E-state index in [1.54, 1.807) is 4.90 Å². The molecular weight excluding hydrogens is 188 g/mol. The van der Waals surface area contributed by atoms with E-state index in [4.69, 9.17) is 5.11 Å². The predicted octanol–water partition coefficient (Wildman–Crippen LogP) is 1.74. The Morgan fingerprint density at radius 2 is 1.93 bits per heavy atom. The quantitative estimate of drug-likeness (QED) is 0.717. The summed E-state index contributed by atoms with van der Waals surface area (Å²) in [6, 6.07) is 0. The van der Waals surface area contributed by atoms with Crippen LogP contribution in [-0.2, 0) is 0 Å². The van der Waals surface area contributed by atoms with Crippen LogP contribution in [0.15, 0.2) is 0 Å². The summed E-state index contributed by atoms with van der Waals surface area (Å²) in [5, 5.41) is 8.74. The molecule has 0 spiro atoms. The zero-order valence-electron chi connectivity index (χ0n) is 8.46. The molecule has 0 bridgehead atoms. The normalized spacial score (nSPS) is 18.6. The number of alkyl halides is 2. The van der Waals surface area contributed by atoms with Gasteiger partial charge in [-0.3, -0.25) is 4.90 Å². The second kappa shape index (κ2) is 6.30. The Labute approximate surface area is 83.9 Å². The van der Waals surface area contributed by atoms with Gasteiger partial charge in [0.2, 0.25) is 0 Å². The van der Waals surface area contributed by atoms with Crippen molar-refractivity contribution in [3.8, 4) is 0 Å². The van der Waals surface area contributed by atoms with Crippen molar-refractivity contribution in [1.82, 2.24) is 4.90 Å². The predicted molar refractivity (Wildman–Crippen MR) is 51.5 cm³/mol. The number of rotatable bonds is 6. The van der Waals surface area contributed by atoms with Crippen LogP contribution in [-0.4, -0.2) is 42.7 Å². The number of hydrogen-bond acceptors (Lipinski definition) is 2. The Morgan fingerprint density at radius 1 is 1.29 bits per heavy atom. The lowest BCUT2D eigenvalue weighted by Gasteiger charge is -2.24. The van der Waals surface area contributed by atoms with E-state index in [1.165, 1.54) is 12.8 Å². The highest BCUT2D eigenvalue weighted by atomic mass is 19.3. The van der Waals surface area contributed by atoms with E-state index < -0.39 is 6.43 Å². The molecule has 0 amide bonds. The number of aliphatic hydroxyl groups is 1. The fourth-order valence-corrected chi connectivity index (χ4v) is 2.15. The monoisotopic (exact) mass is 207 g/mol. The summed E-state index contributed by atoms with van der Waals surface area (Å²) in [4.78, 5) is 1.68. The largest absolute Gasteiger partial charge is 0.395 e. The van der Waals surface area contributed by atoms with Gasteiger partial charge in [-0.2, -0.15) is 0 Å². The van der Waals surface area contributed by atoms with Gasteiger partial charge in [-0.05, 0) is 18.8 Å². The van der Waals surface area contributed by atoms with E-state index in [0.717, 1.165) is 19.4 Å². The highest BCUT2D eigenvalue weighted by molar-refractivity contribution is 4.72. The van der Waals surface area contributed by atoms with Gasteiger partial charge in [-0.1, -0.05) is 12.8 Å². The molecule has 0 aliphatic heterocycles. The zero-order chi connectivity index (χ0) is 10.4. The minimum Gasteiger partial charge on any atom is -0.395 e. The first-order valence-electron chi connectivity index (χ1n) is 5.33. The molecule has 0 aromatic carbocycles. The van der Waals surface area contributed by atoms with Crippen molar-refractivity contribution in [3.63, 3.8) is 0 Å². The maximum absolute atomic E-state index is 12.2. The molecule has 1 fully saturated rings. The summed E-state index contributed by atoms with van der Waals surface area (Å²) in [5.74, 6) is 0.570. The highest BCUT2D eigenvalue weighted by Gasteiger charge is 2.20. The molecule has 0 atom stereocenters. The average molecular weight is 207 g/mol. The first-order chi connectivity index (χ1) is 6.72. The number of hydrogen-bond donors (Lipinski definition) is 1. The molecule has 1 N–H and O–H groups in total. The molecule has 4 heteroatoms. The van der Waals surface area contributed by atoms with Crippen molar-refractivity contribution >= 4 is 0 Å². The van der Waals surface area contributed by atoms with Crippen LogP contribution in [0.2, 0.25) is 0 Å². The van der Waals surface area contributed by atoms with Crippen molar-refractivity contribution in [2.24, 2.45) is 5.92 Å². The molecule has 0 aromatic heterocycles. The third-order valence-electron chi connectivity index (χ3n) is 2.80. The van der Waals surface area contributed by atoms with Crippen LogP contribution in [0.5, 0.6) is 0 Å². The standard InChI is InChI=1S/C10H19F2NO/c11-10(12)8-13(5-6-14)7-9-3-1-2-4-9/h9-10,14H,1-8H2. The van der Waals surface area contributed by atoms with E-state index in [9.17, 15) is 8.78 Å². The van der Waals surface area contributed by atoms with Gasteiger partial charge < -0.3 is 5.11 Å². The topological polar surface area (TPSA) is 23.5 Å². The van der Waals surface area contributed by atoms with Gasteiger partial charge in [-0.15, -0.1) is 0 Å². The molecule has 2 nitrogen and oxygen atoms in total. The van der Waals surface area contributed by atoms with E-state index in [2.05, 4.69) is 0 Å². The van der Waals surface area contributed by atoms with Crippen molar-refractivity contribution in [2.75, 3.05) is 26.2 Å². The molecule has 0 saturated heterocycles. The maximum Gasteiger partial charge on any atom is 0.251 e. The lowest BCUT2D eigenvalue weighted by molar-refractivity contribution is 0.0703. The molecule has 84 valence electrons. The molecular formula is C10H19F2NO. The summed E-state index contributed by atoms with van der Waals surface area (Å²) >= 11 is 0. The molecule has 0 radical (unpaired) electrons. The van der Waals surface area contributed by atoms with Crippen molar-refractivity contribution < 1.29 is 13.9 Å². The molecule has 14 heavy (non-hydrogen) atoms. The lowest BCUT2D eigenvalue weighted by atomic mass is 10.1. The van der Waals surface area contributed by atoms with Crippen molar-refractivity contribution in [3.05, 3.63) is 0 Å². The Kier molecular flexibility index (Phi) is 5.33. The van der Waals surface area contributed by atoms with E-state index >= 15 is 0 Å². The first-order valence-corrected chi connectivity index (χ1v) is 5.33. The number of aliphatic hydroxyl groups excluding tert-OH is 1. The third-order valence-corrected chi connectivity index (χ3v) is 2.80. The second-order valence-electron chi connectivity index (χ2n) is 4.02. The Balaban J connectivity index is 2.25. The molecule has 0 aromatic rings. The number of halogens is 2. The molecule has 1 aliphatic rings. The van der Waals surface area contributed by atoms with Crippen LogP contribution in [0.3, 0.4) is 0 Å². The van der Waals surface area contributed by atoms with Gasteiger partial charge in [0, 0.05) is 13.1 Å². The second-order valence-corrected chi connectivity index (χ2v) is 4.02. The van der Waals surface area contributed by atoms with Gasteiger partial charge in [0.25, 0.3) is 6.43 Å². The summed E-state index contributed by atoms with van der Waals surface area (Å²) in [6.45, 7) is 0.877. The Bertz CT molecular complexity index is 149. The minimum atomic E-state index is -2.29. The first kappa shape index (κ1) is 11.9. The van der Waals surface area contributed by atoms with E-state index in [-0.39, 0.29) is 13.2 Å². The maximum atomic E-state index is 12.2. The van der Waals surface area contributed by atoms with E-state index in [1.807, 2.05) is 0 Å². The molecule has 1 aliphatic carbocycles. The third kappa shape index (κ3) is 4.33.